The van der Waals surface area contributed by atoms with Crippen molar-refractivity contribution in [1.82, 2.24) is 10.2 Å². The number of hydrogen-bond donors (Lipinski definition) is 1. The van der Waals surface area contributed by atoms with Gasteiger partial charge in [-0.3, -0.25) is 44.3 Å². The monoisotopic (exact) mass is 742 g/mol. The fourth-order valence-electron chi connectivity index (χ4n) is 6.54. The molecule has 0 bridgehead atoms. The molecule has 4 aromatic carbocycles. The summed E-state index contributed by atoms with van der Waals surface area (Å²) in [5, 5.41) is 13.1. The van der Waals surface area contributed by atoms with Crippen LogP contribution in [0, 0.1) is 10.1 Å². The standard InChI is InChI=1S/C41H34N4O10/c46-37-19-18-36(38(47)42-37)44-40(49)33-17-16-30(24-34(33)41(44)50)55-23-21-53-20-22-54-29-14-10-27(11-15-29)25-43-35-7-2-1-5-31(35)32(39(43)48)6-3-4-26-8-12-28(13-9-26)45(51)52/h1-17,24,36H,18-23,25H2,(H,42,46,47)/b4-3+,32-6-. The van der Waals surface area contributed by atoms with Gasteiger partial charge in [-0.25, -0.2) is 0 Å². The van der Waals surface area contributed by atoms with Crippen LogP contribution >= 0.6 is 0 Å². The number of nitrogens with zero attached hydrogens (tertiary/aromatic N) is 3. The van der Waals surface area contributed by atoms with E-state index in [1.165, 1.54) is 24.3 Å². The molecule has 1 N–H and O–H groups in total. The molecule has 3 heterocycles. The molecule has 3 aliphatic rings. The van der Waals surface area contributed by atoms with Crippen molar-refractivity contribution >= 4 is 52.6 Å². The van der Waals surface area contributed by atoms with Crippen molar-refractivity contribution in [3.8, 4) is 11.5 Å². The maximum Gasteiger partial charge on any atom is 0.269 e. The zero-order chi connectivity index (χ0) is 38.5. The molecule has 1 saturated heterocycles. The summed E-state index contributed by atoms with van der Waals surface area (Å²) >= 11 is 0. The van der Waals surface area contributed by atoms with Crippen molar-refractivity contribution in [1.29, 1.82) is 0 Å². The number of hydrogen-bond acceptors (Lipinski definition) is 10. The largest absolute Gasteiger partial charge is 0.491 e. The summed E-state index contributed by atoms with van der Waals surface area (Å²) in [6.07, 6.45) is 5.44. The van der Waals surface area contributed by atoms with Crippen molar-refractivity contribution in [2.45, 2.75) is 25.4 Å². The van der Waals surface area contributed by atoms with Gasteiger partial charge in [0.25, 0.3) is 23.4 Å². The van der Waals surface area contributed by atoms with Crippen molar-refractivity contribution in [2.24, 2.45) is 0 Å². The average molecular weight is 743 g/mol. The van der Waals surface area contributed by atoms with Crippen LogP contribution in [-0.2, 0) is 25.7 Å². The lowest BCUT2D eigenvalue weighted by atomic mass is 10.0. The number of benzene rings is 4. The van der Waals surface area contributed by atoms with Crippen molar-refractivity contribution in [2.75, 3.05) is 31.3 Å². The number of carbonyl (C=O) groups is 5. The minimum atomic E-state index is -1.03. The molecule has 3 aliphatic heterocycles. The molecular weight excluding hydrogens is 708 g/mol. The third kappa shape index (κ3) is 7.89. The number of para-hydroxylation sites is 1. The smallest absolute Gasteiger partial charge is 0.269 e. The van der Waals surface area contributed by atoms with E-state index in [4.69, 9.17) is 14.2 Å². The number of nitro benzene ring substituents is 1. The van der Waals surface area contributed by atoms with E-state index in [1.54, 1.807) is 41.3 Å². The summed E-state index contributed by atoms with van der Waals surface area (Å²) in [5.41, 5.74) is 4.19. The Balaban J connectivity index is 0.851. The van der Waals surface area contributed by atoms with E-state index in [0.717, 1.165) is 27.3 Å². The predicted octanol–water partition coefficient (Wildman–Crippen LogP) is 5.11. The van der Waals surface area contributed by atoms with Crippen LogP contribution in [0.1, 0.15) is 50.2 Å². The highest BCUT2D eigenvalue weighted by Gasteiger charge is 2.44. The first-order valence-corrected chi connectivity index (χ1v) is 17.5. The molecule has 5 amide bonds. The molecule has 278 valence electrons. The maximum absolute atomic E-state index is 13.5. The van der Waals surface area contributed by atoms with Gasteiger partial charge in [0.2, 0.25) is 11.8 Å². The van der Waals surface area contributed by atoms with Crippen LogP contribution in [0.25, 0.3) is 11.6 Å². The summed E-state index contributed by atoms with van der Waals surface area (Å²) in [4.78, 5) is 76.3. The molecule has 1 atom stereocenters. The number of nitrogens with one attached hydrogen (secondary N) is 1. The number of rotatable bonds is 14. The normalized spacial score (nSPS) is 17.2. The van der Waals surface area contributed by atoms with Gasteiger partial charge in [0.1, 0.15) is 30.8 Å². The summed E-state index contributed by atoms with van der Waals surface area (Å²) in [6, 6.07) is 24.7. The van der Waals surface area contributed by atoms with Gasteiger partial charge in [0.05, 0.1) is 41.5 Å². The number of anilines is 1. The molecule has 55 heavy (non-hydrogen) atoms. The summed E-state index contributed by atoms with van der Waals surface area (Å²) in [5.74, 6) is -1.41. The quantitative estimate of drug-likeness (QED) is 0.0601. The molecule has 0 aliphatic carbocycles. The van der Waals surface area contributed by atoms with Gasteiger partial charge in [-0.1, -0.05) is 42.5 Å². The van der Waals surface area contributed by atoms with E-state index in [0.29, 0.717) is 23.6 Å². The molecule has 4 aromatic rings. The maximum atomic E-state index is 13.5. The second-order valence-corrected chi connectivity index (χ2v) is 12.8. The predicted molar refractivity (Wildman–Crippen MR) is 199 cm³/mol. The number of allylic oxidation sites excluding steroid dienone is 2. The van der Waals surface area contributed by atoms with Gasteiger partial charge in [0, 0.05) is 29.7 Å². The number of carbonyl (C=O) groups excluding carboxylic acids is 5. The highest BCUT2D eigenvalue weighted by Crippen LogP contribution is 2.38. The van der Waals surface area contributed by atoms with E-state index in [1.807, 2.05) is 48.5 Å². The van der Waals surface area contributed by atoms with E-state index >= 15 is 0 Å². The first-order valence-electron chi connectivity index (χ1n) is 17.5. The van der Waals surface area contributed by atoms with Crippen LogP contribution in [0.4, 0.5) is 11.4 Å². The number of nitro groups is 1. The number of amides is 5. The zero-order valence-electron chi connectivity index (χ0n) is 29.3. The zero-order valence-corrected chi connectivity index (χ0v) is 29.3. The topological polar surface area (TPSA) is 175 Å². The SMILES string of the molecule is O=C1CCC(N2C(=O)c3ccc(OCCOCCOc4ccc(CN5C(=O)/C(=C\C=C\c6ccc([N+](=O)[O-])cc6)c6ccccc65)cc4)cc3C2=O)C(=O)N1. The van der Waals surface area contributed by atoms with Gasteiger partial charge in [-0.15, -0.1) is 0 Å². The van der Waals surface area contributed by atoms with Crippen molar-refractivity contribution in [3.63, 3.8) is 0 Å². The number of non-ortho nitro benzene ring substituents is 1. The lowest BCUT2D eigenvalue weighted by molar-refractivity contribution is -0.384. The first-order chi connectivity index (χ1) is 26.7. The number of piperidine rings is 1. The first kappa shape index (κ1) is 36.4. The second-order valence-electron chi connectivity index (χ2n) is 12.8. The highest BCUT2D eigenvalue weighted by molar-refractivity contribution is 6.32. The third-order valence-corrected chi connectivity index (χ3v) is 9.28. The van der Waals surface area contributed by atoms with E-state index in [9.17, 15) is 34.1 Å². The van der Waals surface area contributed by atoms with E-state index < -0.39 is 34.6 Å². The van der Waals surface area contributed by atoms with E-state index in [2.05, 4.69) is 5.32 Å². The van der Waals surface area contributed by atoms with Gasteiger partial charge in [-0.05, 0) is 72.2 Å². The number of fused-ring (bicyclic) bond motifs is 2. The fourth-order valence-corrected chi connectivity index (χ4v) is 6.54. The Morgan fingerprint density at radius 1 is 0.764 bits per heavy atom. The highest BCUT2D eigenvalue weighted by atomic mass is 16.6. The summed E-state index contributed by atoms with van der Waals surface area (Å²) in [6.45, 7) is 1.34. The molecule has 0 saturated carbocycles. The van der Waals surface area contributed by atoms with Crippen LogP contribution in [0.2, 0.25) is 0 Å². The van der Waals surface area contributed by atoms with Crippen molar-refractivity contribution in [3.05, 3.63) is 141 Å². The molecule has 0 radical (unpaired) electrons. The van der Waals surface area contributed by atoms with Crippen LogP contribution < -0.4 is 19.7 Å². The Labute approximate surface area is 314 Å². The van der Waals surface area contributed by atoms with Crippen LogP contribution in [-0.4, -0.2) is 71.8 Å². The van der Waals surface area contributed by atoms with Crippen LogP contribution in [0.5, 0.6) is 11.5 Å². The second kappa shape index (κ2) is 16.0. The molecule has 1 fully saturated rings. The van der Waals surface area contributed by atoms with Gasteiger partial charge >= 0.3 is 0 Å². The third-order valence-electron chi connectivity index (χ3n) is 9.28. The lowest BCUT2D eigenvalue weighted by Crippen LogP contribution is -2.54. The molecule has 1 unspecified atom stereocenters. The summed E-state index contributed by atoms with van der Waals surface area (Å²) in [7, 11) is 0. The fraction of sp³-hybridized carbons (Fsp3) is 0.195. The Morgan fingerprint density at radius 3 is 2.18 bits per heavy atom. The van der Waals surface area contributed by atoms with Gasteiger partial charge in [0.15, 0.2) is 0 Å². The van der Waals surface area contributed by atoms with Gasteiger partial charge in [-0.2, -0.15) is 0 Å². The minimum Gasteiger partial charge on any atom is -0.491 e. The molecule has 14 heteroatoms. The lowest BCUT2D eigenvalue weighted by Gasteiger charge is -2.27. The number of ether oxygens (including phenoxy) is 3. The van der Waals surface area contributed by atoms with Gasteiger partial charge < -0.3 is 19.1 Å². The Morgan fingerprint density at radius 2 is 1.45 bits per heavy atom. The molecular formula is C41H34N4O10. The molecule has 0 aromatic heterocycles. The summed E-state index contributed by atoms with van der Waals surface area (Å²) < 4.78 is 17.2. The Bertz CT molecular complexity index is 2250. The minimum absolute atomic E-state index is 0.0126. The van der Waals surface area contributed by atoms with Crippen molar-refractivity contribution < 1.29 is 43.1 Å². The van der Waals surface area contributed by atoms with E-state index in [-0.39, 0.29) is 62.0 Å². The average Bonchev–Trinajstić information content (AvgIpc) is 3.59. The van der Waals surface area contributed by atoms with Crippen LogP contribution in [0.15, 0.2) is 103 Å². The molecule has 0 spiro atoms. The molecule has 7 rings (SSSR count). The molecule has 14 nitrogen and oxygen atoms in total. The Hall–Kier alpha value is -6.93. The Kier molecular flexibility index (Phi) is 10.6. The number of imide groups is 2. The van der Waals surface area contributed by atoms with Crippen LogP contribution in [0.3, 0.4) is 0 Å².